The lowest BCUT2D eigenvalue weighted by Gasteiger charge is -2.11. The molecule has 0 amide bonds. The molecule has 4 rings (SSSR count). The van der Waals surface area contributed by atoms with Gasteiger partial charge in [-0.25, -0.2) is 4.79 Å². The van der Waals surface area contributed by atoms with Crippen molar-refractivity contribution in [3.8, 4) is 17.2 Å². The smallest absolute Gasteiger partial charge is 0.342 e. The van der Waals surface area contributed by atoms with Crippen LogP contribution in [0, 0.1) is 13.8 Å². The van der Waals surface area contributed by atoms with Gasteiger partial charge in [-0.3, -0.25) is 4.79 Å². The Bertz CT molecular complexity index is 1360. The summed E-state index contributed by atoms with van der Waals surface area (Å²) in [6.45, 7) is 3.24. The molecular weight excluding hydrogens is 474 g/mol. The number of rotatable bonds is 5. The zero-order valence-electron chi connectivity index (χ0n) is 17.4. The number of hydrogen-bond donors (Lipinski definition) is 2. The summed E-state index contributed by atoms with van der Waals surface area (Å²) < 4.78 is 8.09. The quantitative estimate of drug-likeness (QED) is 0.219. The first-order valence-electron chi connectivity index (χ1n) is 9.87. The minimum Gasteiger partial charge on any atom is -0.507 e. The average molecular weight is 494 g/mol. The number of benzene rings is 3. The van der Waals surface area contributed by atoms with Gasteiger partial charge in [0.1, 0.15) is 17.1 Å². The van der Waals surface area contributed by atoms with Crippen LogP contribution in [0.25, 0.3) is 16.5 Å². The predicted molar refractivity (Wildman–Crippen MR) is 125 cm³/mol. The standard InChI is InChI=1S/C25H20BrNO5/c1-14-11-20(15(2)27(14)17-9-7-16(26)8-10-17)23(29)13-32-25(31)21-12-22(28)18-5-3-4-6-19(18)24(21)30/h3-12,28,30H,13H2,1-2H3. The van der Waals surface area contributed by atoms with Crippen LogP contribution in [-0.2, 0) is 4.74 Å². The van der Waals surface area contributed by atoms with Crippen LogP contribution in [0.1, 0.15) is 32.1 Å². The van der Waals surface area contributed by atoms with E-state index in [9.17, 15) is 19.8 Å². The molecule has 0 saturated heterocycles. The van der Waals surface area contributed by atoms with E-state index < -0.39 is 12.6 Å². The van der Waals surface area contributed by atoms with Crippen LogP contribution in [0.4, 0.5) is 0 Å². The number of Topliss-reactive ketones (excluding diaryl/α,β-unsaturated/α-hetero) is 1. The number of aromatic hydroxyl groups is 2. The van der Waals surface area contributed by atoms with Crippen molar-refractivity contribution in [1.29, 1.82) is 0 Å². The second-order valence-electron chi connectivity index (χ2n) is 7.43. The van der Waals surface area contributed by atoms with E-state index in [1.54, 1.807) is 30.3 Å². The molecule has 6 nitrogen and oxygen atoms in total. The van der Waals surface area contributed by atoms with E-state index in [2.05, 4.69) is 15.9 Å². The summed E-state index contributed by atoms with van der Waals surface area (Å²) >= 11 is 3.41. The summed E-state index contributed by atoms with van der Waals surface area (Å²) in [6.07, 6.45) is 0. The third kappa shape index (κ3) is 3.87. The highest BCUT2D eigenvalue weighted by Crippen LogP contribution is 2.35. The number of phenolic OH excluding ortho intramolecular Hbond substituents is 2. The van der Waals surface area contributed by atoms with Crippen LogP contribution in [-0.4, -0.2) is 33.1 Å². The predicted octanol–water partition coefficient (Wildman–Crippen LogP) is 5.46. The number of carbonyl (C=O) groups is 2. The minimum atomic E-state index is -0.890. The van der Waals surface area contributed by atoms with Gasteiger partial charge < -0.3 is 19.5 Å². The zero-order valence-corrected chi connectivity index (χ0v) is 19.0. The molecule has 1 heterocycles. The van der Waals surface area contributed by atoms with Gasteiger partial charge in [0.25, 0.3) is 0 Å². The van der Waals surface area contributed by atoms with E-state index >= 15 is 0 Å². The number of fused-ring (bicyclic) bond motifs is 1. The Kier molecular flexibility index (Phi) is 5.76. The van der Waals surface area contributed by atoms with Gasteiger partial charge in [-0.05, 0) is 50.2 Å². The molecule has 0 spiro atoms. The van der Waals surface area contributed by atoms with Crippen molar-refractivity contribution >= 4 is 38.5 Å². The lowest BCUT2D eigenvalue weighted by molar-refractivity contribution is 0.0471. The number of ketones is 1. The van der Waals surface area contributed by atoms with Crippen LogP contribution in [0.2, 0.25) is 0 Å². The molecule has 0 fully saturated rings. The van der Waals surface area contributed by atoms with E-state index in [0.29, 0.717) is 16.3 Å². The molecule has 0 bridgehead atoms. The molecule has 162 valence electrons. The van der Waals surface area contributed by atoms with Gasteiger partial charge >= 0.3 is 5.97 Å². The van der Waals surface area contributed by atoms with Crippen molar-refractivity contribution in [2.24, 2.45) is 0 Å². The van der Waals surface area contributed by atoms with Crippen molar-refractivity contribution in [1.82, 2.24) is 4.57 Å². The number of hydrogen-bond acceptors (Lipinski definition) is 5. The van der Waals surface area contributed by atoms with Crippen LogP contribution in [0.5, 0.6) is 11.5 Å². The minimum absolute atomic E-state index is 0.158. The largest absolute Gasteiger partial charge is 0.507 e. The number of phenols is 2. The SMILES string of the molecule is Cc1cc(C(=O)COC(=O)c2cc(O)c3ccccc3c2O)c(C)n1-c1ccc(Br)cc1. The fourth-order valence-electron chi connectivity index (χ4n) is 3.82. The van der Waals surface area contributed by atoms with Crippen molar-refractivity contribution in [3.63, 3.8) is 0 Å². The van der Waals surface area contributed by atoms with E-state index in [4.69, 9.17) is 4.74 Å². The van der Waals surface area contributed by atoms with E-state index in [0.717, 1.165) is 27.6 Å². The molecule has 4 aromatic rings. The number of halogens is 1. The second kappa shape index (κ2) is 8.51. The highest BCUT2D eigenvalue weighted by Gasteiger charge is 2.21. The number of carbonyl (C=O) groups excluding carboxylic acids is 2. The first kappa shape index (κ1) is 21.6. The van der Waals surface area contributed by atoms with Crippen LogP contribution in [0.3, 0.4) is 0 Å². The molecule has 7 heteroatoms. The number of aromatic nitrogens is 1. The number of aryl methyl sites for hydroxylation is 1. The molecule has 0 aliphatic carbocycles. The van der Waals surface area contributed by atoms with Gasteiger partial charge in [0.15, 0.2) is 6.61 Å². The van der Waals surface area contributed by atoms with Crippen LogP contribution < -0.4 is 0 Å². The molecule has 0 atom stereocenters. The first-order valence-corrected chi connectivity index (χ1v) is 10.7. The maximum absolute atomic E-state index is 12.8. The Morgan fingerprint density at radius 3 is 2.28 bits per heavy atom. The monoisotopic (exact) mass is 493 g/mol. The molecule has 0 saturated carbocycles. The van der Waals surface area contributed by atoms with E-state index in [1.807, 2.05) is 42.7 Å². The molecule has 0 aliphatic rings. The molecule has 0 radical (unpaired) electrons. The number of nitrogens with zero attached hydrogens (tertiary/aromatic N) is 1. The van der Waals surface area contributed by atoms with Gasteiger partial charge in [-0.2, -0.15) is 0 Å². The lowest BCUT2D eigenvalue weighted by Crippen LogP contribution is -2.15. The molecular formula is C25H20BrNO5. The normalized spacial score (nSPS) is 11.0. The highest BCUT2D eigenvalue weighted by molar-refractivity contribution is 9.10. The number of ether oxygens (including phenoxy) is 1. The Labute approximate surface area is 192 Å². The molecule has 1 aromatic heterocycles. The Hall–Kier alpha value is -3.58. The third-order valence-corrected chi connectivity index (χ3v) is 5.89. The van der Waals surface area contributed by atoms with Crippen molar-refractivity contribution in [2.75, 3.05) is 6.61 Å². The van der Waals surface area contributed by atoms with Gasteiger partial charge in [-0.15, -0.1) is 0 Å². The summed E-state index contributed by atoms with van der Waals surface area (Å²) in [6, 6.07) is 17.2. The molecule has 2 N–H and O–H groups in total. The third-order valence-electron chi connectivity index (χ3n) is 5.36. The summed E-state index contributed by atoms with van der Waals surface area (Å²) in [5.41, 5.74) is 2.77. The van der Waals surface area contributed by atoms with Crippen molar-refractivity contribution < 1.29 is 24.5 Å². The topological polar surface area (TPSA) is 88.8 Å². The summed E-state index contributed by atoms with van der Waals surface area (Å²) in [5.74, 6) is -1.71. The molecule has 0 aliphatic heterocycles. The Morgan fingerprint density at radius 1 is 0.938 bits per heavy atom. The van der Waals surface area contributed by atoms with Gasteiger partial charge in [0, 0.05) is 37.9 Å². The maximum Gasteiger partial charge on any atom is 0.342 e. The van der Waals surface area contributed by atoms with E-state index in [-0.39, 0.29) is 22.8 Å². The van der Waals surface area contributed by atoms with Gasteiger partial charge in [-0.1, -0.05) is 40.2 Å². The second-order valence-corrected chi connectivity index (χ2v) is 8.35. The first-order chi connectivity index (χ1) is 15.3. The highest BCUT2D eigenvalue weighted by atomic mass is 79.9. The summed E-state index contributed by atoms with van der Waals surface area (Å²) in [7, 11) is 0. The average Bonchev–Trinajstić information content (AvgIpc) is 3.09. The van der Waals surface area contributed by atoms with Crippen molar-refractivity contribution in [3.05, 3.63) is 87.7 Å². The fourth-order valence-corrected chi connectivity index (χ4v) is 4.08. The maximum atomic E-state index is 12.8. The van der Waals surface area contributed by atoms with Gasteiger partial charge in [0.05, 0.1) is 0 Å². The summed E-state index contributed by atoms with van der Waals surface area (Å²) in [5, 5.41) is 21.4. The zero-order chi connectivity index (χ0) is 23.0. The molecule has 0 unspecified atom stereocenters. The van der Waals surface area contributed by atoms with Crippen molar-refractivity contribution in [2.45, 2.75) is 13.8 Å². The summed E-state index contributed by atoms with van der Waals surface area (Å²) in [4.78, 5) is 25.4. The molecule has 32 heavy (non-hydrogen) atoms. The van der Waals surface area contributed by atoms with Gasteiger partial charge in [0.2, 0.25) is 5.78 Å². The Morgan fingerprint density at radius 2 is 1.59 bits per heavy atom. The van der Waals surface area contributed by atoms with Crippen LogP contribution in [0.15, 0.2) is 65.1 Å². The van der Waals surface area contributed by atoms with Crippen LogP contribution >= 0.6 is 15.9 Å². The molecule has 3 aromatic carbocycles. The Balaban J connectivity index is 1.55. The van der Waals surface area contributed by atoms with E-state index in [1.165, 1.54) is 0 Å². The number of esters is 1. The fraction of sp³-hybridized carbons (Fsp3) is 0.120. The lowest BCUT2D eigenvalue weighted by atomic mass is 10.0.